The van der Waals surface area contributed by atoms with Crippen LogP contribution >= 0.6 is 0 Å². The van der Waals surface area contributed by atoms with Crippen molar-refractivity contribution < 1.29 is 27.4 Å². The van der Waals surface area contributed by atoms with Crippen LogP contribution in [0.15, 0.2) is 30.3 Å². The van der Waals surface area contributed by atoms with E-state index in [0.29, 0.717) is 17.9 Å². The van der Waals surface area contributed by atoms with Crippen LogP contribution in [-0.4, -0.2) is 20.8 Å². The third-order valence-corrected chi connectivity index (χ3v) is 5.20. The molecule has 6 heteroatoms. The van der Waals surface area contributed by atoms with Gasteiger partial charge in [-0.1, -0.05) is 6.07 Å². The van der Waals surface area contributed by atoms with Gasteiger partial charge in [-0.15, -0.1) is 0 Å². The summed E-state index contributed by atoms with van der Waals surface area (Å²) in [5.41, 5.74) is 0.707. The molecule has 146 valence electrons. The van der Waals surface area contributed by atoms with E-state index in [9.17, 15) is 13.2 Å². The molecule has 2 aromatic carbocycles. The summed E-state index contributed by atoms with van der Waals surface area (Å²) in [5, 5.41) is 0. The molecule has 1 aliphatic carbocycles. The first-order valence-electron chi connectivity index (χ1n) is 9.01. The summed E-state index contributed by atoms with van der Waals surface area (Å²) < 4.78 is 57.2. The molecule has 0 bridgehead atoms. The highest BCUT2D eigenvalue weighted by molar-refractivity contribution is 5.35. The lowest BCUT2D eigenvalue weighted by atomic mass is 9.79. The first-order valence-corrected chi connectivity index (χ1v) is 9.01. The van der Waals surface area contributed by atoms with Crippen LogP contribution in [0, 0.1) is 23.4 Å². The molecular formula is C21H23F3O3. The summed E-state index contributed by atoms with van der Waals surface area (Å²) in [6.07, 6.45) is 3.35. The molecule has 0 aliphatic heterocycles. The fourth-order valence-corrected chi connectivity index (χ4v) is 3.60. The largest absolute Gasteiger partial charge is 0.497 e. The smallest absolute Gasteiger partial charge is 0.204 e. The van der Waals surface area contributed by atoms with Gasteiger partial charge in [-0.2, -0.15) is 8.78 Å². The van der Waals surface area contributed by atoms with E-state index in [2.05, 4.69) is 0 Å². The maximum atomic E-state index is 14.2. The molecule has 3 rings (SSSR count). The number of halogens is 3. The van der Waals surface area contributed by atoms with Crippen LogP contribution in [0.4, 0.5) is 13.2 Å². The van der Waals surface area contributed by atoms with E-state index in [4.69, 9.17) is 14.2 Å². The summed E-state index contributed by atoms with van der Waals surface area (Å²) in [6, 6.07) is 7.68. The van der Waals surface area contributed by atoms with Gasteiger partial charge in [0.25, 0.3) is 0 Å². The molecule has 0 saturated heterocycles. The zero-order valence-electron chi connectivity index (χ0n) is 15.4. The van der Waals surface area contributed by atoms with Crippen molar-refractivity contribution in [2.45, 2.75) is 31.6 Å². The zero-order chi connectivity index (χ0) is 19.4. The molecule has 0 spiro atoms. The molecule has 2 aromatic rings. The first kappa shape index (κ1) is 19.4. The van der Waals surface area contributed by atoms with Gasteiger partial charge in [0.2, 0.25) is 11.6 Å². The molecular weight excluding hydrogens is 357 g/mol. The SMILES string of the molecule is COc1ccc(C2CCC(COc3ccc(OC)c(F)c3F)CC2)c(F)c1. The number of methoxy groups -OCH3 is 2. The van der Waals surface area contributed by atoms with Gasteiger partial charge in [0, 0.05) is 6.07 Å². The highest BCUT2D eigenvalue weighted by atomic mass is 19.2. The number of hydrogen-bond donors (Lipinski definition) is 0. The maximum absolute atomic E-state index is 14.2. The number of rotatable bonds is 6. The van der Waals surface area contributed by atoms with E-state index >= 15 is 0 Å². The van der Waals surface area contributed by atoms with Crippen molar-refractivity contribution in [3.63, 3.8) is 0 Å². The number of hydrogen-bond acceptors (Lipinski definition) is 3. The Kier molecular flexibility index (Phi) is 6.14. The van der Waals surface area contributed by atoms with E-state index in [0.717, 1.165) is 25.7 Å². The molecule has 0 heterocycles. The van der Waals surface area contributed by atoms with Crippen LogP contribution in [0.5, 0.6) is 17.2 Å². The normalized spacial score (nSPS) is 19.6. The van der Waals surface area contributed by atoms with E-state index < -0.39 is 11.6 Å². The quantitative estimate of drug-likeness (QED) is 0.665. The summed E-state index contributed by atoms with van der Waals surface area (Å²) in [4.78, 5) is 0. The molecule has 0 unspecified atom stereocenters. The fourth-order valence-electron chi connectivity index (χ4n) is 3.60. The van der Waals surface area contributed by atoms with Crippen LogP contribution in [0.2, 0.25) is 0 Å². The summed E-state index contributed by atoms with van der Waals surface area (Å²) in [7, 11) is 2.79. The van der Waals surface area contributed by atoms with Crippen molar-refractivity contribution in [1.29, 1.82) is 0 Å². The van der Waals surface area contributed by atoms with E-state index in [1.54, 1.807) is 12.1 Å². The Morgan fingerprint density at radius 2 is 1.52 bits per heavy atom. The third kappa shape index (κ3) is 4.31. The summed E-state index contributed by atoms with van der Waals surface area (Å²) in [5.74, 6) is -1.71. The molecule has 1 fully saturated rings. The predicted molar refractivity (Wildman–Crippen MR) is 96.1 cm³/mol. The van der Waals surface area contributed by atoms with Crippen LogP contribution in [-0.2, 0) is 0 Å². The van der Waals surface area contributed by atoms with Crippen LogP contribution in [0.1, 0.15) is 37.2 Å². The fraction of sp³-hybridized carbons (Fsp3) is 0.429. The average molecular weight is 380 g/mol. The molecule has 1 aliphatic rings. The van der Waals surface area contributed by atoms with Crippen molar-refractivity contribution in [2.75, 3.05) is 20.8 Å². The summed E-state index contributed by atoms with van der Waals surface area (Å²) >= 11 is 0. The number of ether oxygens (including phenoxy) is 3. The van der Waals surface area contributed by atoms with Crippen molar-refractivity contribution in [3.05, 3.63) is 53.3 Å². The Morgan fingerprint density at radius 1 is 0.852 bits per heavy atom. The van der Waals surface area contributed by atoms with Crippen molar-refractivity contribution >= 4 is 0 Å². The molecule has 3 nitrogen and oxygen atoms in total. The Bertz CT molecular complexity index is 786. The second kappa shape index (κ2) is 8.55. The standard InChI is InChI=1S/C21H23F3O3/c1-25-15-7-8-16(17(22)11-15)14-5-3-13(4-6-14)12-27-19-10-9-18(26-2)20(23)21(19)24/h7-11,13-14H,3-6,12H2,1-2H3. The van der Waals surface area contributed by atoms with Crippen molar-refractivity contribution in [2.24, 2.45) is 5.92 Å². The zero-order valence-corrected chi connectivity index (χ0v) is 15.4. The summed E-state index contributed by atoms with van der Waals surface area (Å²) in [6.45, 7) is 0.306. The Morgan fingerprint density at radius 3 is 2.15 bits per heavy atom. The second-order valence-electron chi connectivity index (χ2n) is 6.81. The van der Waals surface area contributed by atoms with Crippen molar-refractivity contribution in [3.8, 4) is 17.2 Å². The van der Waals surface area contributed by atoms with E-state index in [1.165, 1.54) is 32.4 Å². The van der Waals surface area contributed by atoms with Crippen LogP contribution in [0.3, 0.4) is 0 Å². The van der Waals surface area contributed by atoms with Gasteiger partial charge < -0.3 is 14.2 Å². The predicted octanol–water partition coefficient (Wildman–Crippen LogP) is 5.47. The van der Waals surface area contributed by atoms with Gasteiger partial charge in [-0.25, -0.2) is 4.39 Å². The molecule has 1 saturated carbocycles. The minimum atomic E-state index is -1.05. The van der Waals surface area contributed by atoms with Crippen LogP contribution in [0.25, 0.3) is 0 Å². The Labute approximate surface area is 157 Å². The lowest BCUT2D eigenvalue weighted by Gasteiger charge is -2.29. The van der Waals surface area contributed by atoms with Gasteiger partial charge in [0.1, 0.15) is 11.6 Å². The molecule has 0 atom stereocenters. The average Bonchev–Trinajstić information content (AvgIpc) is 2.69. The molecule has 0 radical (unpaired) electrons. The first-order chi connectivity index (χ1) is 13.0. The highest BCUT2D eigenvalue weighted by Crippen LogP contribution is 2.38. The van der Waals surface area contributed by atoms with Gasteiger partial charge in [0.05, 0.1) is 20.8 Å². The minimum Gasteiger partial charge on any atom is -0.497 e. The highest BCUT2D eigenvalue weighted by Gasteiger charge is 2.25. The van der Waals surface area contributed by atoms with E-state index in [1.807, 2.05) is 0 Å². The number of benzene rings is 2. The lowest BCUT2D eigenvalue weighted by molar-refractivity contribution is 0.191. The van der Waals surface area contributed by atoms with Gasteiger partial charge in [-0.05, 0) is 61.3 Å². The maximum Gasteiger partial charge on any atom is 0.204 e. The molecule has 0 N–H and O–H groups in total. The van der Waals surface area contributed by atoms with Crippen LogP contribution < -0.4 is 14.2 Å². The molecule has 27 heavy (non-hydrogen) atoms. The Balaban J connectivity index is 1.55. The topological polar surface area (TPSA) is 27.7 Å². The van der Waals surface area contributed by atoms with Gasteiger partial charge >= 0.3 is 0 Å². The van der Waals surface area contributed by atoms with E-state index in [-0.39, 0.29) is 29.2 Å². The van der Waals surface area contributed by atoms with Crippen molar-refractivity contribution in [1.82, 2.24) is 0 Å². The monoisotopic (exact) mass is 380 g/mol. The second-order valence-corrected chi connectivity index (χ2v) is 6.81. The molecule has 0 aromatic heterocycles. The molecule has 0 amide bonds. The third-order valence-electron chi connectivity index (χ3n) is 5.20. The lowest BCUT2D eigenvalue weighted by Crippen LogP contribution is -2.20. The minimum absolute atomic E-state index is 0.114. The Hall–Kier alpha value is -2.37. The van der Waals surface area contributed by atoms with Gasteiger partial charge in [-0.3, -0.25) is 0 Å². The van der Waals surface area contributed by atoms with Gasteiger partial charge in [0.15, 0.2) is 11.5 Å².